The second-order valence-corrected chi connectivity index (χ2v) is 9.01. The molecule has 1 aromatic rings. The SMILES string of the molecule is CC(CNC(=O)NCC1CCS(=O)(=O)C1)Cc1cccs1. The highest BCUT2D eigenvalue weighted by molar-refractivity contribution is 7.91. The van der Waals surface area contributed by atoms with Crippen molar-refractivity contribution in [3.05, 3.63) is 22.4 Å². The van der Waals surface area contributed by atoms with E-state index in [-0.39, 0.29) is 23.5 Å². The summed E-state index contributed by atoms with van der Waals surface area (Å²) in [7, 11) is -2.87. The molecule has 21 heavy (non-hydrogen) atoms. The van der Waals surface area contributed by atoms with Crippen LogP contribution in [0, 0.1) is 11.8 Å². The van der Waals surface area contributed by atoms with Gasteiger partial charge >= 0.3 is 6.03 Å². The molecule has 2 unspecified atom stereocenters. The first kappa shape index (κ1) is 16.3. The number of nitrogens with one attached hydrogen (secondary N) is 2. The van der Waals surface area contributed by atoms with Gasteiger partial charge in [0, 0.05) is 18.0 Å². The van der Waals surface area contributed by atoms with E-state index in [2.05, 4.69) is 29.0 Å². The van der Waals surface area contributed by atoms with Crippen LogP contribution in [0.5, 0.6) is 0 Å². The van der Waals surface area contributed by atoms with Crippen molar-refractivity contribution in [2.75, 3.05) is 24.6 Å². The second kappa shape index (κ2) is 7.26. The minimum absolute atomic E-state index is 0.0595. The van der Waals surface area contributed by atoms with Crippen LogP contribution >= 0.6 is 11.3 Å². The topological polar surface area (TPSA) is 75.3 Å². The molecule has 2 rings (SSSR count). The smallest absolute Gasteiger partial charge is 0.314 e. The Morgan fingerprint density at radius 2 is 2.29 bits per heavy atom. The molecular formula is C14H22N2O3S2. The van der Waals surface area contributed by atoms with E-state index in [1.165, 1.54) is 4.88 Å². The fraction of sp³-hybridized carbons (Fsp3) is 0.643. The van der Waals surface area contributed by atoms with E-state index < -0.39 is 9.84 Å². The van der Waals surface area contributed by atoms with Crippen LogP contribution in [-0.2, 0) is 16.3 Å². The lowest BCUT2D eigenvalue weighted by atomic mass is 10.1. The fourth-order valence-electron chi connectivity index (χ4n) is 2.44. The molecule has 5 nitrogen and oxygen atoms in total. The fourth-order valence-corrected chi connectivity index (χ4v) is 5.18. The number of thiophene rings is 1. The number of hydrogen-bond acceptors (Lipinski definition) is 4. The Morgan fingerprint density at radius 1 is 1.48 bits per heavy atom. The maximum Gasteiger partial charge on any atom is 0.314 e. The number of hydrogen-bond donors (Lipinski definition) is 2. The van der Waals surface area contributed by atoms with Crippen molar-refractivity contribution >= 4 is 27.2 Å². The number of rotatable bonds is 6. The molecule has 1 saturated heterocycles. The van der Waals surface area contributed by atoms with Crippen LogP contribution in [0.4, 0.5) is 4.79 Å². The molecule has 2 atom stereocenters. The van der Waals surface area contributed by atoms with Crippen molar-refractivity contribution < 1.29 is 13.2 Å². The molecular weight excluding hydrogens is 308 g/mol. The molecule has 1 aromatic heterocycles. The lowest BCUT2D eigenvalue weighted by Gasteiger charge is -2.14. The van der Waals surface area contributed by atoms with E-state index >= 15 is 0 Å². The Hall–Kier alpha value is -1.08. The Balaban J connectivity index is 1.61. The van der Waals surface area contributed by atoms with Crippen molar-refractivity contribution in [2.24, 2.45) is 11.8 Å². The van der Waals surface area contributed by atoms with Crippen molar-refractivity contribution in [3.8, 4) is 0 Å². The summed E-state index contributed by atoms with van der Waals surface area (Å²) in [6.45, 7) is 3.15. The Kier molecular flexibility index (Phi) is 5.64. The Labute approximate surface area is 130 Å². The molecule has 2 N–H and O–H groups in total. The maximum absolute atomic E-state index is 11.7. The average Bonchev–Trinajstić information content (AvgIpc) is 3.03. The van der Waals surface area contributed by atoms with Crippen LogP contribution in [0.1, 0.15) is 18.2 Å². The van der Waals surface area contributed by atoms with E-state index in [0.717, 1.165) is 6.42 Å². The summed E-state index contributed by atoms with van der Waals surface area (Å²) in [5.41, 5.74) is 0. The third kappa shape index (κ3) is 5.67. The zero-order valence-corrected chi connectivity index (χ0v) is 13.8. The lowest BCUT2D eigenvalue weighted by molar-refractivity contribution is 0.237. The number of amides is 2. The Morgan fingerprint density at radius 3 is 2.90 bits per heavy atom. The van der Waals surface area contributed by atoms with Gasteiger partial charge in [-0.2, -0.15) is 0 Å². The summed E-state index contributed by atoms with van der Waals surface area (Å²) < 4.78 is 22.6. The van der Waals surface area contributed by atoms with Gasteiger partial charge in [-0.15, -0.1) is 11.3 Å². The molecule has 1 aliphatic heterocycles. The molecule has 0 aromatic carbocycles. The summed E-state index contributed by atoms with van der Waals surface area (Å²) in [5.74, 6) is 0.881. The van der Waals surface area contributed by atoms with Gasteiger partial charge in [0.05, 0.1) is 11.5 Å². The molecule has 7 heteroatoms. The van der Waals surface area contributed by atoms with Crippen molar-refractivity contribution in [1.82, 2.24) is 10.6 Å². The first-order valence-corrected chi connectivity index (χ1v) is 9.89. The Bertz CT molecular complexity index is 555. The standard InChI is InChI=1S/C14H22N2O3S2/c1-11(7-13-3-2-5-20-13)8-15-14(17)16-9-12-4-6-21(18,19)10-12/h2-3,5,11-12H,4,6-10H2,1H3,(H2,15,16,17). The summed E-state index contributed by atoms with van der Waals surface area (Å²) >= 11 is 1.73. The quantitative estimate of drug-likeness (QED) is 0.833. The molecule has 0 radical (unpaired) electrons. The van der Waals surface area contributed by atoms with Crippen molar-refractivity contribution in [1.29, 1.82) is 0 Å². The molecule has 0 saturated carbocycles. The summed E-state index contributed by atoms with van der Waals surface area (Å²) in [6, 6.07) is 3.92. The van der Waals surface area contributed by atoms with Gasteiger partial charge in [0.15, 0.2) is 9.84 Å². The van der Waals surface area contributed by atoms with E-state index in [4.69, 9.17) is 0 Å². The van der Waals surface area contributed by atoms with Gasteiger partial charge in [-0.25, -0.2) is 13.2 Å². The maximum atomic E-state index is 11.7. The highest BCUT2D eigenvalue weighted by Gasteiger charge is 2.27. The van der Waals surface area contributed by atoms with Crippen LogP contribution < -0.4 is 10.6 Å². The van der Waals surface area contributed by atoms with E-state index in [1.807, 2.05) is 6.07 Å². The third-order valence-corrected chi connectivity index (χ3v) is 6.35. The predicted octanol–water partition coefficient (Wildman–Crippen LogP) is 1.66. The molecule has 0 spiro atoms. The summed E-state index contributed by atoms with van der Waals surface area (Å²) in [4.78, 5) is 13.0. The number of urea groups is 1. The lowest BCUT2D eigenvalue weighted by Crippen LogP contribution is -2.40. The van der Waals surface area contributed by atoms with E-state index in [0.29, 0.717) is 25.4 Å². The molecule has 0 bridgehead atoms. The van der Waals surface area contributed by atoms with Crippen molar-refractivity contribution in [2.45, 2.75) is 19.8 Å². The van der Waals surface area contributed by atoms with Crippen LogP contribution in [0.3, 0.4) is 0 Å². The monoisotopic (exact) mass is 330 g/mol. The van der Waals surface area contributed by atoms with E-state index in [9.17, 15) is 13.2 Å². The largest absolute Gasteiger partial charge is 0.338 e. The number of carbonyl (C=O) groups is 1. The van der Waals surface area contributed by atoms with Crippen LogP contribution in [0.25, 0.3) is 0 Å². The second-order valence-electron chi connectivity index (χ2n) is 5.75. The molecule has 1 fully saturated rings. The van der Waals surface area contributed by atoms with Crippen LogP contribution in [0.15, 0.2) is 17.5 Å². The average molecular weight is 330 g/mol. The van der Waals surface area contributed by atoms with Gasteiger partial charge in [0.2, 0.25) is 0 Å². The zero-order valence-electron chi connectivity index (χ0n) is 12.2. The van der Waals surface area contributed by atoms with Gasteiger partial charge in [-0.1, -0.05) is 13.0 Å². The van der Waals surface area contributed by atoms with Crippen LogP contribution in [-0.4, -0.2) is 39.0 Å². The van der Waals surface area contributed by atoms with E-state index in [1.54, 1.807) is 11.3 Å². The minimum Gasteiger partial charge on any atom is -0.338 e. The third-order valence-electron chi connectivity index (χ3n) is 3.62. The predicted molar refractivity (Wildman–Crippen MR) is 85.3 cm³/mol. The number of sulfone groups is 1. The first-order valence-electron chi connectivity index (χ1n) is 7.19. The van der Waals surface area contributed by atoms with Gasteiger partial charge in [0.1, 0.15) is 0 Å². The van der Waals surface area contributed by atoms with Gasteiger partial charge < -0.3 is 10.6 Å². The molecule has 1 aliphatic rings. The zero-order chi connectivity index (χ0) is 15.3. The summed E-state index contributed by atoms with van der Waals surface area (Å²) in [5, 5.41) is 7.66. The number of carbonyl (C=O) groups excluding carboxylic acids is 1. The highest BCUT2D eigenvalue weighted by Crippen LogP contribution is 2.17. The first-order chi connectivity index (χ1) is 9.94. The van der Waals surface area contributed by atoms with Gasteiger partial charge in [-0.3, -0.25) is 0 Å². The summed E-state index contributed by atoms with van der Waals surface area (Å²) in [6.07, 6.45) is 1.61. The highest BCUT2D eigenvalue weighted by atomic mass is 32.2. The normalized spacial score (nSPS) is 21.9. The minimum atomic E-state index is -2.87. The van der Waals surface area contributed by atoms with Gasteiger partial charge in [0.25, 0.3) is 0 Å². The molecule has 2 heterocycles. The van der Waals surface area contributed by atoms with Crippen molar-refractivity contribution in [3.63, 3.8) is 0 Å². The molecule has 2 amide bonds. The molecule has 118 valence electrons. The molecule has 0 aliphatic carbocycles. The van der Waals surface area contributed by atoms with Crippen LogP contribution in [0.2, 0.25) is 0 Å². The van der Waals surface area contributed by atoms with Gasteiger partial charge in [-0.05, 0) is 36.1 Å².